The Balaban J connectivity index is 0.00000240. The zero-order valence-electron chi connectivity index (χ0n) is 17.9. The third-order valence-electron chi connectivity index (χ3n) is 6.64. The van der Waals surface area contributed by atoms with Crippen molar-refractivity contribution < 1.29 is 30.3 Å². The van der Waals surface area contributed by atoms with E-state index in [1.54, 1.807) is 0 Å². The van der Waals surface area contributed by atoms with Crippen molar-refractivity contribution in [1.29, 1.82) is 0 Å². The van der Waals surface area contributed by atoms with E-state index in [0.29, 0.717) is 4.15 Å². The predicted molar refractivity (Wildman–Crippen MR) is 119 cm³/mol. The fraction of sp³-hybridized carbons (Fsp3) is 0.280. The van der Waals surface area contributed by atoms with Crippen molar-refractivity contribution >= 4 is 25.6 Å². The maximum Gasteiger partial charge on any atom is 0.565 e. The summed E-state index contributed by atoms with van der Waals surface area (Å²) < 4.78 is 14.4. The number of benzene rings is 2. The summed E-state index contributed by atoms with van der Waals surface area (Å²) in [6.07, 6.45) is 4.35. The van der Waals surface area contributed by atoms with Crippen molar-refractivity contribution in [2.24, 2.45) is 0 Å². The Kier molecular flexibility index (Phi) is 5.74. The second kappa shape index (κ2) is 7.55. The first-order valence-electron chi connectivity index (χ1n) is 9.84. The molecule has 0 amide bonds. The van der Waals surface area contributed by atoms with Gasteiger partial charge in [0, 0.05) is 21.7 Å². The smallest absolute Gasteiger partial charge is 0.328 e. The Bertz CT molecular complexity index is 1070. The molecule has 0 radical (unpaired) electrons. The Morgan fingerprint density at radius 2 is 1.38 bits per heavy atom. The Hall–Kier alpha value is -1.65. The molecule has 0 heterocycles. The van der Waals surface area contributed by atoms with Crippen LogP contribution in [0.3, 0.4) is 0 Å². The van der Waals surface area contributed by atoms with E-state index in [-0.39, 0.29) is 32.8 Å². The van der Waals surface area contributed by atoms with Crippen LogP contribution in [0.15, 0.2) is 67.3 Å². The molecule has 4 heteroatoms. The van der Waals surface area contributed by atoms with Gasteiger partial charge in [0.2, 0.25) is 0 Å². The van der Waals surface area contributed by atoms with Gasteiger partial charge in [-0.3, -0.25) is 0 Å². The minimum absolute atomic E-state index is 0. The normalized spacial score (nSPS) is 17.8. The number of fused-ring (bicyclic) bond motifs is 4. The van der Waals surface area contributed by atoms with Crippen LogP contribution in [0.1, 0.15) is 43.0 Å². The van der Waals surface area contributed by atoms with Crippen molar-refractivity contribution in [2.45, 2.75) is 31.9 Å². The molecule has 2 aliphatic rings. The van der Waals surface area contributed by atoms with E-state index < -0.39 is 8.84 Å². The molecule has 0 bridgehead atoms. The maximum absolute atomic E-state index is 13.9. The molecule has 1 unspecified atom stereocenters. The first-order chi connectivity index (χ1) is 13.1. The second-order valence-electron chi connectivity index (χ2n) is 9.20. The number of allylic oxidation sites excluding steroid dienone is 4. The minimum atomic E-state index is -2.03. The van der Waals surface area contributed by atoms with E-state index in [4.69, 9.17) is 0 Å². The largest absolute Gasteiger partial charge is 0.565 e. The number of rotatable bonds is 2. The van der Waals surface area contributed by atoms with Gasteiger partial charge in [0.25, 0.3) is 0 Å². The second-order valence-corrected chi connectivity index (χ2v) is 11.6. The van der Waals surface area contributed by atoms with Crippen LogP contribution in [0.4, 0.5) is 0 Å². The fourth-order valence-corrected chi connectivity index (χ4v) is 6.26. The van der Waals surface area contributed by atoms with E-state index in [9.17, 15) is 4.46 Å². The van der Waals surface area contributed by atoms with Crippen molar-refractivity contribution in [3.8, 4) is 0 Å². The average Bonchev–Trinajstić information content (AvgIpc) is 3.06. The Labute approximate surface area is 190 Å². The summed E-state index contributed by atoms with van der Waals surface area (Å²) in [4.78, 5) is 0. The number of nitrogens with zero attached hydrogens (tertiary/aromatic N) is 1. The minimum Gasteiger partial charge on any atom is -0.328 e. The van der Waals surface area contributed by atoms with Crippen LogP contribution in [0.2, 0.25) is 5.54 Å². The van der Waals surface area contributed by atoms with E-state index in [0.717, 1.165) is 16.7 Å². The summed E-state index contributed by atoms with van der Waals surface area (Å²) in [5, 5.41) is 0. The van der Waals surface area contributed by atoms with Crippen LogP contribution < -0.4 is 0 Å². The molecule has 1 atom stereocenters. The monoisotopic (exact) mass is 434 g/mol. The van der Waals surface area contributed by atoms with E-state index in [1.807, 2.05) is 0 Å². The molecule has 2 nitrogen and oxygen atoms in total. The topological polar surface area (TPSA) is 17.1 Å². The van der Waals surface area contributed by atoms with Gasteiger partial charge in [-0.05, 0) is 59.7 Å². The molecule has 2 aromatic rings. The molecule has 0 fully saturated rings. The summed E-state index contributed by atoms with van der Waals surface area (Å²) in [6, 6.07) is 16.9. The van der Waals surface area contributed by atoms with Gasteiger partial charge in [0.1, 0.15) is 5.54 Å². The number of hydrogen-bond acceptors (Lipinski definition) is 1. The molecular formula is C25H28NOSiTi+. The van der Waals surface area contributed by atoms with E-state index in [2.05, 4.69) is 102 Å². The summed E-state index contributed by atoms with van der Waals surface area (Å²) in [5.74, 6) is 0. The van der Waals surface area contributed by atoms with Crippen LogP contribution in [0.5, 0.6) is 0 Å². The molecule has 0 saturated heterocycles. The zero-order chi connectivity index (χ0) is 20.3. The van der Waals surface area contributed by atoms with Crippen molar-refractivity contribution in [3.05, 3.63) is 89.5 Å². The van der Waals surface area contributed by atoms with Crippen LogP contribution >= 0.6 is 0 Å². The van der Waals surface area contributed by atoms with Gasteiger partial charge in [-0.15, -0.1) is 0 Å². The van der Waals surface area contributed by atoms with Gasteiger partial charge in [-0.25, -0.2) is 0 Å². The summed E-state index contributed by atoms with van der Waals surface area (Å²) in [6.45, 7) is 10.9. The van der Waals surface area contributed by atoms with Crippen LogP contribution in [-0.4, -0.2) is 32.6 Å². The Morgan fingerprint density at radius 3 is 1.93 bits per heavy atom. The van der Waals surface area contributed by atoms with Crippen LogP contribution in [0, 0.1) is 0 Å². The van der Waals surface area contributed by atoms with Gasteiger partial charge in [0.05, 0.1) is 19.6 Å². The van der Waals surface area contributed by atoms with Gasteiger partial charge >= 0.3 is 8.84 Å². The number of hydrogen-bond donors (Lipinski definition) is 0. The number of quaternary nitrogens is 1. The summed E-state index contributed by atoms with van der Waals surface area (Å²) in [7, 11) is 2.17. The molecule has 0 N–H and O–H groups in total. The maximum atomic E-state index is 13.9. The molecule has 2 aromatic carbocycles. The van der Waals surface area contributed by atoms with Crippen molar-refractivity contribution in [2.75, 3.05) is 14.1 Å². The van der Waals surface area contributed by atoms with Gasteiger partial charge in [0.15, 0.2) is 0 Å². The molecule has 4 rings (SSSR count). The Morgan fingerprint density at radius 1 is 0.897 bits per heavy atom. The molecule has 0 spiro atoms. The molecule has 2 aliphatic carbocycles. The predicted octanol–water partition coefficient (Wildman–Crippen LogP) is 5.70. The van der Waals surface area contributed by atoms with E-state index in [1.165, 1.54) is 22.3 Å². The summed E-state index contributed by atoms with van der Waals surface area (Å²) >= 11 is 0. The van der Waals surface area contributed by atoms with Gasteiger partial charge in [-0.1, -0.05) is 67.3 Å². The fourth-order valence-electron chi connectivity index (χ4n) is 4.08. The van der Waals surface area contributed by atoms with Crippen molar-refractivity contribution in [3.63, 3.8) is 0 Å². The molecular weight excluding hydrogens is 406 g/mol. The standard InChI is InChI=1S/C25H28NOSi.Ti/c1-17-18-11-7-9-13-20(18)22-15-16-23(28(27)26(5,6)25(2,3)4)24(22)21-14-10-8-12-19(17)21;/h7-16,23H,1H2,2-6H3;/q+1;. The quantitative estimate of drug-likeness (QED) is 0.554. The zero-order valence-corrected chi connectivity index (χ0v) is 20.5. The molecule has 0 saturated carbocycles. The van der Waals surface area contributed by atoms with Crippen LogP contribution in [-0.2, 0) is 26.2 Å². The first-order valence-corrected chi connectivity index (χ1v) is 11.3. The molecule has 29 heavy (non-hydrogen) atoms. The summed E-state index contributed by atoms with van der Waals surface area (Å²) in [5.41, 5.74) is 7.92. The van der Waals surface area contributed by atoms with Crippen molar-refractivity contribution in [1.82, 2.24) is 0 Å². The molecule has 0 aliphatic heterocycles. The third-order valence-corrected chi connectivity index (χ3v) is 9.42. The van der Waals surface area contributed by atoms with Gasteiger partial charge < -0.3 is 8.61 Å². The van der Waals surface area contributed by atoms with Crippen LogP contribution in [0.25, 0.3) is 16.7 Å². The average molecular weight is 434 g/mol. The molecule has 146 valence electrons. The van der Waals surface area contributed by atoms with E-state index >= 15 is 0 Å². The first kappa shape index (κ1) is 22.0. The SMILES string of the molecule is C=C1c2ccccc2C2=C(c3ccccc31)C([Si](=O)[N+](C)(C)C(C)(C)C)C=C2.[Ti]. The van der Waals surface area contributed by atoms with Gasteiger partial charge in [-0.2, -0.15) is 0 Å². The molecule has 0 aromatic heterocycles. The third kappa shape index (κ3) is 3.34.